The monoisotopic (exact) mass is 450 g/mol. The zero-order chi connectivity index (χ0) is 19.6. The average molecular weight is 451 g/mol. The van der Waals surface area contributed by atoms with Gasteiger partial charge in [-0.3, -0.25) is 0 Å². The summed E-state index contributed by atoms with van der Waals surface area (Å²) in [5.41, 5.74) is 2.27. The van der Waals surface area contributed by atoms with Crippen molar-refractivity contribution in [2.75, 3.05) is 18.5 Å². The van der Waals surface area contributed by atoms with Crippen LogP contribution in [-0.4, -0.2) is 39.6 Å². The molecule has 2 aliphatic rings. The molecular weight excluding hydrogens is 420 g/mol. The second-order valence-corrected chi connectivity index (χ2v) is 9.07. The summed E-state index contributed by atoms with van der Waals surface area (Å²) in [4.78, 5) is 4.54. The quantitative estimate of drug-likeness (QED) is 0.581. The lowest BCUT2D eigenvalue weighted by Crippen LogP contribution is -2.34. The third-order valence-corrected chi connectivity index (χ3v) is 6.73. The van der Waals surface area contributed by atoms with Crippen molar-refractivity contribution in [3.05, 3.63) is 22.4 Å². The molecule has 0 amide bonds. The van der Waals surface area contributed by atoms with E-state index in [-0.39, 0.29) is 5.79 Å². The Balaban J connectivity index is 1.49. The molecule has 1 aliphatic carbocycles. The standard InChI is InChI=1S/C21H31BrN4O2/c1-3-4-5-6-15(2)24-20-23-14-19-17(22)13-18(26(19)25-20)16-7-9-21(10-8-16)27-11-12-28-21/h13-16H,3-12H2,1-2H3,(H,24,25). The third-order valence-electron chi connectivity index (χ3n) is 6.09. The second-order valence-electron chi connectivity index (χ2n) is 8.22. The molecule has 2 aromatic heterocycles. The fourth-order valence-corrected chi connectivity index (χ4v) is 4.97. The maximum absolute atomic E-state index is 5.89. The van der Waals surface area contributed by atoms with Gasteiger partial charge in [-0.1, -0.05) is 26.2 Å². The Bertz CT molecular complexity index is 793. The highest BCUT2D eigenvalue weighted by Crippen LogP contribution is 2.43. The summed E-state index contributed by atoms with van der Waals surface area (Å²) in [6.45, 7) is 5.89. The van der Waals surface area contributed by atoms with E-state index in [2.05, 4.69) is 50.7 Å². The van der Waals surface area contributed by atoms with Gasteiger partial charge in [0.2, 0.25) is 5.95 Å². The summed E-state index contributed by atoms with van der Waals surface area (Å²) < 4.78 is 14.9. The van der Waals surface area contributed by atoms with Gasteiger partial charge < -0.3 is 14.8 Å². The van der Waals surface area contributed by atoms with Crippen LogP contribution in [0.4, 0.5) is 5.95 Å². The van der Waals surface area contributed by atoms with E-state index in [4.69, 9.17) is 14.6 Å². The van der Waals surface area contributed by atoms with Gasteiger partial charge in [-0.15, -0.1) is 5.10 Å². The van der Waals surface area contributed by atoms with Gasteiger partial charge >= 0.3 is 0 Å². The van der Waals surface area contributed by atoms with Crippen molar-refractivity contribution < 1.29 is 9.47 Å². The Morgan fingerprint density at radius 3 is 2.75 bits per heavy atom. The predicted octanol–water partition coefficient (Wildman–Crippen LogP) is 5.27. The summed E-state index contributed by atoms with van der Waals surface area (Å²) in [6, 6.07) is 2.58. The molecule has 0 aromatic carbocycles. The molecule has 1 saturated carbocycles. The highest BCUT2D eigenvalue weighted by molar-refractivity contribution is 9.10. The van der Waals surface area contributed by atoms with Gasteiger partial charge in [0.15, 0.2) is 5.79 Å². The number of unbranched alkanes of at least 4 members (excludes halogenated alkanes) is 2. The lowest BCUT2D eigenvalue weighted by molar-refractivity contribution is -0.179. The van der Waals surface area contributed by atoms with Crippen molar-refractivity contribution in [2.24, 2.45) is 0 Å². The van der Waals surface area contributed by atoms with Crippen LogP contribution in [0.1, 0.15) is 76.8 Å². The molecule has 0 bridgehead atoms. The number of rotatable bonds is 7. The van der Waals surface area contributed by atoms with Gasteiger partial charge in [-0.25, -0.2) is 9.50 Å². The highest BCUT2D eigenvalue weighted by atomic mass is 79.9. The zero-order valence-corrected chi connectivity index (χ0v) is 18.5. The molecule has 0 radical (unpaired) electrons. The number of aromatic nitrogens is 3. The highest BCUT2D eigenvalue weighted by Gasteiger charge is 2.41. The average Bonchev–Trinajstić information content (AvgIpc) is 3.28. The summed E-state index contributed by atoms with van der Waals surface area (Å²) in [5.74, 6) is 0.841. The van der Waals surface area contributed by atoms with Crippen LogP contribution in [0.2, 0.25) is 0 Å². The maximum atomic E-state index is 5.89. The van der Waals surface area contributed by atoms with E-state index in [0.717, 1.165) is 55.3 Å². The number of anilines is 1. The first-order chi connectivity index (χ1) is 13.6. The molecule has 6 nitrogen and oxygen atoms in total. The van der Waals surface area contributed by atoms with E-state index < -0.39 is 0 Å². The van der Waals surface area contributed by atoms with Crippen LogP contribution in [-0.2, 0) is 9.47 Å². The SMILES string of the molecule is CCCCCC(C)Nc1ncc2c(Br)cc(C3CCC4(CC3)OCCO4)n2n1. The van der Waals surface area contributed by atoms with Gasteiger partial charge in [0, 0.05) is 35.0 Å². The van der Waals surface area contributed by atoms with E-state index in [9.17, 15) is 0 Å². The van der Waals surface area contributed by atoms with Gasteiger partial charge in [-0.2, -0.15) is 0 Å². The molecule has 2 fully saturated rings. The summed E-state index contributed by atoms with van der Waals surface area (Å²) in [7, 11) is 0. The van der Waals surface area contributed by atoms with Crippen LogP contribution in [0.25, 0.3) is 5.52 Å². The van der Waals surface area contributed by atoms with Crippen molar-refractivity contribution in [1.82, 2.24) is 14.6 Å². The largest absolute Gasteiger partial charge is 0.351 e. The van der Waals surface area contributed by atoms with Crippen molar-refractivity contribution >= 4 is 27.4 Å². The molecule has 1 saturated heterocycles. The molecule has 1 unspecified atom stereocenters. The van der Waals surface area contributed by atoms with Crippen LogP contribution in [0, 0.1) is 0 Å². The molecule has 4 rings (SSSR count). The molecular formula is C21H31BrN4O2. The molecule has 28 heavy (non-hydrogen) atoms. The smallest absolute Gasteiger partial charge is 0.241 e. The van der Waals surface area contributed by atoms with E-state index in [1.54, 1.807) is 0 Å². The lowest BCUT2D eigenvalue weighted by atomic mass is 9.83. The van der Waals surface area contributed by atoms with E-state index in [0.29, 0.717) is 17.9 Å². The maximum Gasteiger partial charge on any atom is 0.241 e. The number of ether oxygens (including phenoxy) is 2. The Morgan fingerprint density at radius 1 is 1.29 bits per heavy atom. The Kier molecular flexibility index (Phi) is 6.23. The number of nitrogens with one attached hydrogen (secondary N) is 1. The van der Waals surface area contributed by atoms with Crippen LogP contribution < -0.4 is 5.32 Å². The minimum atomic E-state index is -0.323. The molecule has 1 aliphatic heterocycles. The first-order valence-corrected chi connectivity index (χ1v) is 11.5. The van der Waals surface area contributed by atoms with Crippen LogP contribution in [0.5, 0.6) is 0 Å². The Labute approximate surface area is 175 Å². The normalized spacial score (nSPS) is 20.8. The first kappa shape index (κ1) is 20.1. The van der Waals surface area contributed by atoms with Gasteiger partial charge in [0.1, 0.15) is 0 Å². The number of fused-ring (bicyclic) bond motifs is 1. The number of hydrogen-bond acceptors (Lipinski definition) is 5. The van der Waals surface area contributed by atoms with Gasteiger partial charge in [0.25, 0.3) is 0 Å². The summed E-state index contributed by atoms with van der Waals surface area (Å²) >= 11 is 3.69. The molecule has 7 heteroatoms. The third kappa shape index (κ3) is 4.21. The molecule has 2 aromatic rings. The van der Waals surface area contributed by atoms with E-state index in [1.807, 2.05) is 6.20 Å². The molecule has 3 heterocycles. The van der Waals surface area contributed by atoms with Gasteiger partial charge in [0.05, 0.1) is 24.9 Å². The second kappa shape index (κ2) is 8.67. The minimum absolute atomic E-state index is 0.323. The van der Waals surface area contributed by atoms with Gasteiger partial charge in [-0.05, 0) is 48.2 Å². The van der Waals surface area contributed by atoms with Crippen molar-refractivity contribution in [2.45, 2.75) is 83.0 Å². The zero-order valence-electron chi connectivity index (χ0n) is 16.9. The van der Waals surface area contributed by atoms with Crippen molar-refractivity contribution in [3.63, 3.8) is 0 Å². The Morgan fingerprint density at radius 2 is 2.04 bits per heavy atom. The number of halogens is 1. The molecule has 1 spiro atoms. The first-order valence-electron chi connectivity index (χ1n) is 10.7. The van der Waals surface area contributed by atoms with Crippen molar-refractivity contribution in [3.8, 4) is 0 Å². The molecule has 1 N–H and O–H groups in total. The van der Waals surface area contributed by atoms with Crippen LogP contribution in [0.15, 0.2) is 16.7 Å². The van der Waals surface area contributed by atoms with E-state index >= 15 is 0 Å². The predicted molar refractivity (Wildman–Crippen MR) is 114 cm³/mol. The van der Waals surface area contributed by atoms with Crippen LogP contribution >= 0.6 is 15.9 Å². The fourth-order valence-electron chi connectivity index (χ4n) is 4.47. The fraction of sp³-hybridized carbons (Fsp3) is 0.714. The number of hydrogen-bond donors (Lipinski definition) is 1. The summed E-state index contributed by atoms with van der Waals surface area (Å²) in [5, 5.41) is 8.30. The molecule has 154 valence electrons. The van der Waals surface area contributed by atoms with Crippen molar-refractivity contribution in [1.29, 1.82) is 0 Å². The van der Waals surface area contributed by atoms with E-state index in [1.165, 1.54) is 25.0 Å². The minimum Gasteiger partial charge on any atom is -0.351 e. The number of nitrogens with zero attached hydrogens (tertiary/aromatic N) is 3. The topological polar surface area (TPSA) is 60.7 Å². The lowest BCUT2D eigenvalue weighted by Gasteiger charge is -2.35. The molecule has 1 atom stereocenters. The van der Waals surface area contributed by atoms with Crippen LogP contribution in [0.3, 0.4) is 0 Å². The summed E-state index contributed by atoms with van der Waals surface area (Å²) in [6.07, 6.45) is 10.8. The Hall–Kier alpha value is -1.18.